The molecular weight excluding hydrogens is 240 g/mol. The van der Waals surface area contributed by atoms with Gasteiger partial charge < -0.3 is 9.72 Å². The molecule has 3 heterocycles. The first kappa shape index (κ1) is 11.4. The van der Waals surface area contributed by atoms with E-state index in [4.69, 9.17) is 0 Å². The molecule has 3 aromatic heterocycles. The zero-order valence-corrected chi connectivity index (χ0v) is 10.2. The molecular formula is C14H12N4O. The van der Waals surface area contributed by atoms with Crippen LogP contribution in [0.25, 0.3) is 5.65 Å². The maximum atomic E-state index is 12.1. The first-order valence-electron chi connectivity index (χ1n) is 5.94. The molecule has 0 aromatic carbocycles. The van der Waals surface area contributed by atoms with Crippen LogP contribution in [-0.2, 0) is 6.54 Å². The summed E-state index contributed by atoms with van der Waals surface area (Å²) in [6, 6.07) is 9.19. The number of aromatic nitrogens is 3. The molecule has 94 valence electrons. The quantitative estimate of drug-likeness (QED) is 0.771. The van der Waals surface area contributed by atoms with Gasteiger partial charge in [0.1, 0.15) is 5.65 Å². The molecule has 0 saturated heterocycles. The molecule has 5 nitrogen and oxygen atoms in total. The van der Waals surface area contributed by atoms with Crippen molar-refractivity contribution in [1.82, 2.24) is 19.7 Å². The van der Waals surface area contributed by atoms with E-state index in [0.717, 1.165) is 5.69 Å². The van der Waals surface area contributed by atoms with E-state index >= 15 is 0 Å². The van der Waals surface area contributed by atoms with Crippen LogP contribution < -0.4 is 5.32 Å². The van der Waals surface area contributed by atoms with Gasteiger partial charge in [0.2, 0.25) is 0 Å². The minimum Gasteiger partial charge on any atom is -0.346 e. The summed E-state index contributed by atoms with van der Waals surface area (Å²) in [7, 11) is 0. The zero-order valence-electron chi connectivity index (χ0n) is 10.2. The highest BCUT2D eigenvalue weighted by Gasteiger charge is 2.10. The van der Waals surface area contributed by atoms with Gasteiger partial charge in [-0.05, 0) is 24.3 Å². The van der Waals surface area contributed by atoms with Crippen LogP contribution in [0.3, 0.4) is 0 Å². The molecule has 0 bridgehead atoms. The zero-order chi connectivity index (χ0) is 13.1. The van der Waals surface area contributed by atoms with Gasteiger partial charge in [0, 0.05) is 24.8 Å². The number of fused-ring (bicyclic) bond motifs is 1. The normalized spacial score (nSPS) is 10.5. The number of pyridine rings is 2. The van der Waals surface area contributed by atoms with Gasteiger partial charge in [0.05, 0.1) is 17.8 Å². The second kappa shape index (κ2) is 4.89. The minimum atomic E-state index is -0.151. The number of nitrogens with zero attached hydrogens (tertiary/aromatic N) is 3. The predicted octanol–water partition coefficient (Wildman–Crippen LogP) is 1.66. The van der Waals surface area contributed by atoms with Crippen molar-refractivity contribution in [2.45, 2.75) is 6.54 Å². The van der Waals surface area contributed by atoms with Crippen molar-refractivity contribution < 1.29 is 4.79 Å². The van der Waals surface area contributed by atoms with E-state index in [9.17, 15) is 4.79 Å². The molecule has 0 aliphatic rings. The Balaban J connectivity index is 1.79. The molecule has 5 heteroatoms. The van der Waals surface area contributed by atoms with Crippen LogP contribution in [-0.4, -0.2) is 20.3 Å². The monoisotopic (exact) mass is 252 g/mol. The Morgan fingerprint density at radius 1 is 1.11 bits per heavy atom. The summed E-state index contributed by atoms with van der Waals surface area (Å²) in [6.07, 6.45) is 7.05. The van der Waals surface area contributed by atoms with Crippen molar-refractivity contribution in [2.75, 3.05) is 0 Å². The predicted molar refractivity (Wildman–Crippen MR) is 70.6 cm³/mol. The van der Waals surface area contributed by atoms with Crippen LogP contribution in [0.2, 0.25) is 0 Å². The number of hydrogen-bond acceptors (Lipinski definition) is 3. The van der Waals surface area contributed by atoms with E-state index in [1.54, 1.807) is 18.5 Å². The molecule has 1 amide bonds. The lowest BCUT2D eigenvalue weighted by Gasteiger charge is -2.05. The second-order valence-electron chi connectivity index (χ2n) is 4.08. The third-order valence-electron chi connectivity index (χ3n) is 2.82. The van der Waals surface area contributed by atoms with E-state index in [1.165, 1.54) is 0 Å². The molecule has 0 saturated carbocycles. The van der Waals surface area contributed by atoms with Gasteiger partial charge in [0.25, 0.3) is 5.91 Å². The average Bonchev–Trinajstić information content (AvgIpc) is 2.94. The number of hydrogen-bond donors (Lipinski definition) is 1. The third kappa shape index (κ3) is 2.30. The summed E-state index contributed by atoms with van der Waals surface area (Å²) in [4.78, 5) is 20.5. The van der Waals surface area contributed by atoms with Gasteiger partial charge in [-0.3, -0.25) is 9.78 Å². The van der Waals surface area contributed by atoms with Crippen molar-refractivity contribution in [1.29, 1.82) is 0 Å². The fraction of sp³-hybridized carbons (Fsp3) is 0.0714. The Bertz CT molecular complexity index is 706. The lowest BCUT2D eigenvalue weighted by molar-refractivity contribution is 0.0951. The molecule has 0 radical (unpaired) electrons. The fourth-order valence-corrected chi connectivity index (χ4v) is 1.89. The smallest absolute Gasteiger partial charge is 0.255 e. The molecule has 19 heavy (non-hydrogen) atoms. The van der Waals surface area contributed by atoms with Crippen LogP contribution in [0.15, 0.2) is 55.1 Å². The summed E-state index contributed by atoms with van der Waals surface area (Å²) in [5.74, 6) is -0.151. The highest BCUT2D eigenvalue weighted by molar-refractivity contribution is 5.99. The highest BCUT2D eigenvalue weighted by atomic mass is 16.1. The van der Waals surface area contributed by atoms with E-state index in [1.807, 2.05) is 41.1 Å². The molecule has 0 aliphatic heterocycles. The van der Waals surface area contributed by atoms with Crippen LogP contribution in [0.4, 0.5) is 0 Å². The van der Waals surface area contributed by atoms with E-state index in [2.05, 4.69) is 15.3 Å². The number of imidazole rings is 1. The molecule has 1 N–H and O–H groups in total. The van der Waals surface area contributed by atoms with Gasteiger partial charge in [0.15, 0.2) is 0 Å². The Labute approximate surface area is 109 Å². The third-order valence-corrected chi connectivity index (χ3v) is 2.82. The van der Waals surface area contributed by atoms with Crippen molar-refractivity contribution >= 4 is 11.6 Å². The molecule has 0 spiro atoms. The minimum absolute atomic E-state index is 0.151. The second-order valence-corrected chi connectivity index (χ2v) is 4.08. The van der Waals surface area contributed by atoms with Crippen molar-refractivity contribution in [3.8, 4) is 0 Å². The van der Waals surface area contributed by atoms with Crippen molar-refractivity contribution in [3.63, 3.8) is 0 Å². The standard InChI is InChI=1S/C14H12N4O/c19-14(17-10-11-4-1-2-6-15-11)12-5-3-8-18-9-7-16-13(12)18/h1-9H,10H2,(H,17,19). The summed E-state index contributed by atoms with van der Waals surface area (Å²) >= 11 is 0. The van der Waals surface area contributed by atoms with Crippen molar-refractivity contribution in [2.24, 2.45) is 0 Å². The fourth-order valence-electron chi connectivity index (χ4n) is 1.89. The van der Waals surface area contributed by atoms with E-state index in [-0.39, 0.29) is 5.91 Å². The Kier molecular flexibility index (Phi) is 2.94. The van der Waals surface area contributed by atoms with Crippen LogP contribution in [0.5, 0.6) is 0 Å². The highest BCUT2D eigenvalue weighted by Crippen LogP contribution is 2.08. The van der Waals surface area contributed by atoms with Crippen LogP contribution in [0, 0.1) is 0 Å². The van der Waals surface area contributed by atoms with Gasteiger partial charge in [-0.15, -0.1) is 0 Å². The molecule has 0 fully saturated rings. The SMILES string of the molecule is O=C(NCc1ccccn1)c1cccn2ccnc12. The topological polar surface area (TPSA) is 59.3 Å². The number of carbonyl (C=O) groups is 1. The number of carbonyl (C=O) groups excluding carboxylic acids is 1. The molecule has 3 aromatic rings. The average molecular weight is 252 g/mol. The number of amides is 1. The molecule has 3 rings (SSSR count). The largest absolute Gasteiger partial charge is 0.346 e. The maximum absolute atomic E-state index is 12.1. The van der Waals surface area contributed by atoms with Crippen LogP contribution >= 0.6 is 0 Å². The maximum Gasteiger partial charge on any atom is 0.255 e. The molecule has 0 unspecified atom stereocenters. The van der Waals surface area contributed by atoms with Gasteiger partial charge >= 0.3 is 0 Å². The van der Waals surface area contributed by atoms with E-state index in [0.29, 0.717) is 17.8 Å². The van der Waals surface area contributed by atoms with Gasteiger partial charge in [-0.25, -0.2) is 4.98 Å². The number of rotatable bonds is 3. The first-order valence-corrected chi connectivity index (χ1v) is 5.94. The van der Waals surface area contributed by atoms with Gasteiger partial charge in [-0.2, -0.15) is 0 Å². The number of nitrogens with one attached hydrogen (secondary N) is 1. The lowest BCUT2D eigenvalue weighted by Crippen LogP contribution is -2.23. The lowest BCUT2D eigenvalue weighted by atomic mass is 10.2. The Morgan fingerprint density at radius 3 is 2.89 bits per heavy atom. The Morgan fingerprint density at radius 2 is 2.05 bits per heavy atom. The summed E-state index contributed by atoms with van der Waals surface area (Å²) < 4.78 is 1.82. The summed E-state index contributed by atoms with van der Waals surface area (Å²) in [5, 5.41) is 2.84. The molecule has 0 atom stereocenters. The first-order chi connectivity index (χ1) is 9.34. The van der Waals surface area contributed by atoms with E-state index < -0.39 is 0 Å². The summed E-state index contributed by atoms with van der Waals surface area (Å²) in [6.45, 7) is 0.404. The Hall–Kier alpha value is -2.69. The van der Waals surface area contributed by atoms with Gasteiger partial charge in [-0.1, -0.05) is 6.07 Å². The van der Waals surface area contributed by atoms with Crippen molar-refractivity contribution in [3.05, 3.63) is 66.4 Å². The summed E-state index contributed by atoms with van der Waals surface area (Å²) in [5.41, 5.74) is 2.04. The molecule has 0 aliphatic carbocycles. The van der Waals surface area contributed by atoms with Crippen LogP contribution in [0.1, 0.15) is 16.1 Å².